The number of allylic oxidation sites excluding steroid dienone is 10. The Hall–Kier alpha value is -1.01. The molecular weight excluding hydrogens is 322 g/mol. The van der Waals surface area contributed by atoms with Gasteiger partial charge in [0.15, 0.2) is 0 Å². The fourth-order valence-electron chi connectivity index (χ4n) is 2.80. The van der Waals surface area contributed by atoms with Crippen LogP contribution < -0.4 is 0 Å². The molecule has 1 nitrogen and oxygen atoms in total. The molecule has 0 bridgehead atoms. The van der Waals surface area contributed by atoms with E-state index in [1.165, 1.54) is 36.0 Å². The summed E-state index contributed by atoms with van der Waals surface area (Å²) in [6.07, 6.45) is 16.6. The van der Waals surface area contributed by atoms with E-state index in [2.05, 4.69) is 45.9 Å². The van der Waals surface area contributed by atoms with Crippen molar-refractivity contribution >= 4 is 6.29 Å². The molecule has 0 aromatic heterocycles. The molecule has 0 fully saturated rings. The minimum atomic E-state index is 0. The van der Waals surface area contributed by atoms with E-state index >= 15 is 0 Å². The van der Waals surface area contributed by atoms with Gasteiger partial charge in [-0.2, -0.15) is 0 Å². The molecule has 22 heavy (non-hydrogen) atoms. The van der Waals surface area contributed by atoms with Crippen LogP contribution in [-0.2, 0) is 24.3 Å². The third-order valence-electron chi connectivity index (χ3n) is 4.10. The Balaban J connectivity index is 0.00000441. The van der Waals surface area contributed by atoms with Crippen LogP contribution in [0.5, 0.6) is 0 Å². The maximum absolute atomic E-state index is 10.3. The van der Waals surface area contributed by atoms with Gasteiger partial charge in [0.05, 0.1) is 0 Å². The normalized spacial score (nSPS) is 19.7. The molecular formula is C20H28OZn. The van der Waals surface area contributed by atoms with E-state index in [9.17, 15) is 4.79 Å². The van der Waals surface area contributed by atoms with Crippen molar-refractivity contribution in [2.75, 3.05) is 0 Å². The number of carbonyl (C=O) groups excluding carboxylic acids is 1. The van der Waals surface area contributed by atoms with Crippen LogP contribution >= 0.6 is 0 Å². The van der Waals surface area contributed by atoms with Gasteiger partial charge in [-0.15, -0.1) is 0 Å². The summed E-state index contributed by atoms with van der Waals surface area (Å²) in [5.41, 5.74) is 5.48. The Bertz CT molecular complexity index is 528. The second kappa shape index (κ2) is 9.90. The standard InChI is InChI=1S/C20H28O.Zn/c1-16(8-6-9-17(2)13-15-21)11-12-19-18(3)10-7-14-20(19,4)5;/h6,8-9,11-13,15H,7,10,14H2,1-5H3;. The molecule has 1 rings (SSSR count). The predicted molar refractivity (Wildman–Crippen MR) is 92.2 cm³/mol. The first kappa shape index (κ1) is 21.0. The largest absolute Gasteiger partial charge is 0.299 e. The monoisotopic (exact) mass is 348 g/mol. The van der Waals surface area contributed by atoms with Gasteiger partial charge in [0, 0.05) is 19.5 Å². The predicted octanol–water partition coefficient (Wildman–Crippen LogP) is 5.71. The zero-order valence-electron chi connectivity index (χ0n) is 14.8. The maximum atomic E-state index is 10.3. The van der Waals surface area contributed by atoms with Gasteiger partial charge in [-0.05, 0) is 62.7 Å². The zero-order valence-corrected chi connectivity index (χ0v) is 17.7. The molecule has 2 heteroatoms. The van der Waals surface area contributed by atoms with Crippen molar-refractivity contribution < 1.29 is 24.3 Å². The van der Waals surface area contributed by atoms with Crippen LogP contribution in [0.15, 0.2) is 58.7 Å². The molecule has 0 N–H and O–H groups in total. The van der Waals surface area contributed by atoms with E-state index < -0.39 is 0 Å². The summed E-state index contributed by atoms with van der Waals surface area (Å²) in [5, 5.41) is 0. The van der Waals surface area contributed by atoms with Crippen LogP contribution in [0.2, 0.25) is 0 Å². The van der Waals surface area contributed by atoms with E-state index in [-0.39, 0.29) is 24.9 Å². The summed E-state index contributed by atoms with van der Waals surface area (Å²) >= 11 is 0. The number of carbonyl (C=O) groups is 1. The molecule has 0 radical (unpaired) electrons. The van der Waals surface area contributed by atoms with Crippen LogP contribution in [0.4, 0.5) is 0 Å². The van der Waals surface area contributed by atoms with Gasteiger partial charge in [0.25, 0.3) is 0 Å². The van der Waals surface area contributed by atoms with Crippen LogP contribution in [0, 0.1) is 5.41 Å². The minimum Gasteiger partial charge on any atom is -0.299 e. The summed E-state index contributed by atoms with van der Waals surface area (Å²) in [6, 6.07) is 0. The molecule has 0 spiro atoms. The molecule has 0 unspecified atom stereocenters. The summed E-state index contributed by atoms with van der Waals surface area (Å²) in [5.74, 6) is 0. The number of rotatable bonds is 5. The zero-order chi connectivity index (χ0) is 15.9. The summed E-state index contributed by atoms with van der Waals surface area (Å²) in [6.45, 7) is 10.9. The molecule has 0 saturated heterocycles. The Morgan fingerprint density at radius 2 is 1.73 bits per heavy atom. The first-order valence-corrected chi connectivity index (χ1v) is 7.72. The van der Waals surface area contributed by atoms with Crippen molar-refractivity contribution in [3.63, 3.8) is 0 Å². The number of hydrogen-bond acceptors (Lipinski definition) is 1. The summed E-state index contributed by atoms with van der Waals surface area (Å²) in [7, 11) is 0. The molecule has 0 aromatic carbocycles. The third-order valence-corrected chi connectivity index (χ3v) is 4.10. The second-order valence-corrected chi connectivity index (χ2v) is 6.58. The van der Waals surface area contributed by atoms with Crippen LogP contribution in [0.3, 0.4) is 0 Å². The summed E-state index contributed by atoms with van der Waals surface area (Å²) in [4.78, 5) is 10.3. The summed E-state index contributed by atoms with van der Waals surface area (Å²) < 4.78 is 0. The van der Waals surface area contributed by atoms with Crippen molar-refractivity contribution in [1.29, 1.82) is 0 Å². The Labute approximate surface area is 148 Å². The molecule has 0 amide bonds. The first-order valence-electron chi connectivity index (χ1n) is 7.72. The smallest absolute Gasteiger partial charge is 0.143 e. The van der Waals surface area contributed by atoms with Crippen molar-refractivity contribution in [2.45, 2.75) is 53.9 Å². The molecule has 116 valence electrons. The van der Waals surface area contributed by atoms with Gasteiger partial charge in [-0.3, -0.25) is 4.79 Å². The molecule has 1 aliphatic rings. The molecule has 0 aliphatic heterocycles. The number of hydrogen-bond donors (Lipinski definition) is 0. The Kier molecular flexibility index (Phi) is 9.45. The quantitative estimate of drug-likeness (QED) is 0.269. The average Bonchev–Trinajstić information content (AvgIpc) is 2.37. The first-order chi connectivity index (χ1) is 9.86. The molecule has 0 heterocycles. The van der Waals surface area contributed by atoms with E-state index in [1.54, 1.807) is 6.08 Å². The van der Waals surface area contributed by atoms with Crippen molar-refractivity contribution in [3.05, 3.63) is 58.7 Å². The minimum absolute atomic E-state index is 0. The van der Waals surface area contributed by atoms with Gasteiger partial charge in [0.1, 0.15) is 6.29 Å². The molecule has 0 atom stereocenters. The van der Waals surface area contributed by atoms with Gasteiger partial charge < -0.3 is 0 Å². The van der Waals surface area contributed by atoms with E-state index in [0.29, 0.717) is 0 Å². The van der Waals surface area contributed by atoms with Crippen LogP contribution in [0.25, 0.3) is 0 Å². The van der Waals surface area contributed by atoms with Crippen molar-refractivity contribution in [2.24, 2.45) is 5.41 Å². The molecule has 1 aliphatic carbocycles. The van der Waals surface area contributed by atoms with Gasteiger partial charge in [0.2, 0.25) is 0 Å². The van der Waals surface area contributed by atoms with Crippen molar-refractivity contribution in [1.82, 2.24) is 0 Å². The fraction of sp³-hybridized carbons (Fsp3) is 0.450. The topological polar surface area (TPSA) is 17.1 Å². The average molecular weight is 350 g/mol. The molecule has 0 saturated carbocycles. The van der Waals surface area contributed by atoms with Gasteiger partial charge >= 0.3 is 0 Å². The third kappa shape index (κ3) is 6.84. The van der Waals surface area contributed by atoms with E-state index in [0.717, 1.165) is 11.9 Å². The van der Waals surface area contributed by atoms with Crippen LogP contribution in [-0.4, -0.2) is 6.29 Å². The van der Waals surface area contributed by atoms with Gasteiger partial charge in [-0.1, -0.05) is 55.4 Å². The Morgan fingerprint density at radius 1 is 1.09 bits per heavy atom. The molecule has 0 aromatic rings. The number of aldehydes is 1. The van der Waals surface area contributed by atoms with E-state index in [4.69, 9.17) is 0 Å². The SMILES string of the molecule is CC(C=CC=C(C)C=CC1=C(C)CCCC1(C)C)=CC=O.[Zn]. The Morgan fingerprint density at radius 3 is 2.32 bits per heavy atom. The van der Waals surface area contributed by atoms with Crippen LogP contribution in [0.1, 0.15) is 53.9 Å². The van der Waals surface area contributed by atoms with Gasteiger partial charge in [-0.25, -0.2) is 0 Å². The van der Waals surface area contributed by atoms with Crippen molar-refractivity contribution in [3.8, 4) is 0 Å². The second-order valence-electron chi connectivity index (χ2n) is 6.58. The maximum Gasteiger partial charge on any atom is 0.143 e. The fourth-order valence-corrected chi connectivity index (χ4v) is 2.80. The van der Waals surface area contributed by atoms with E-state index in [1.807, 2.05) is 19.1 Å².